The fourth-order valence-electron chi connectivity index (χ4n) is 4.47. The predicted molar refractivity (Wildman–Crippen MR) is 130 cm³/mol. The molecule has 9 heteroatoms. The number of hydrogen-bond acceptors (Lipinski definition) is 7. The Morgan fingerprint density at radius 1 is 1.21 bits per heavy atom. The van der Waals surface area contributed by atoms with Gasteiger partial charge in [-0.05, 0) is 56.5 Å². The molecule has 2 aromatic heterocycles. The van der Waals surface area contributed by atoms with Gasteiger partial charge in [-0.3, -0.25) is 4.90 Å². The first-order valence-electron chi connectivity index (χ1n) is 11.4. The maximum Gasteiger partial charge on any atom is 0.225 e. The Bertz CT molecular complexity index is 1160. The lowest BCUT2D eigenvalue weighted by molar-refractivity contribution is 0.0583. The first-order chi connectivity index (χ1) is 15.8. The van der Waals surface area contributed by atoms with Crippen molar-refractivity contribution >= 4 is 23.4 Å². The lowest BCUT2D eigenvalue weighted by atomic mass is 10.0. The molecule has 0 radical (unpaired) electrons. The first-order valence-corrected chi connectivity index (χ1v) is 11.7. The lowest BCUT2D eigenvalue weighted by Crippen LogP contribution is -2.42. The molecule has 5 rings (SSSR count). The summed E-state index contributed by atoms with van der Waals surface area (Å²) in [6.45, 7) is 7.11. The molecule has 3 heterocycles. The minimum absolute atomic E-state index is 0.180. The van der Waals surface area contributed by atoms with E-state index in [1.54, 1.807) is 6.20 Å². The van der Waals surface area contributed by atoms with Gasteiger partial charge in [-0.2, -0.15) is 4.98 Å². The molecule has 1 unspecified atom stereocenters. The number of aryl methyl sites for hydroxylation is 1. The number of aromatic nitrogens is 4. The van der Waals surface area contributed by atoms with Crippen LogP contribution in [0.3, 0.4) is 0 Å². The Morgan fingerprint density at radius 2 is 2.00 bits per heavy atom. The molecule has 1 saturated heterocycles. The monoisotopic (exact) mass is 467 g/mol. The fraction of sp³-hybridized carbons (Fsp3) is 0.458. The number of hydrogen-bond donors (Lipinski definition) is 2. The van der Waals surface area contributed by atoms with Crippen LogP contribution in [0, 0.1) is 12.8 Å². The summed E-state index contributed by atoms with van der Waals surface area (Å²) in [4.78, 5) is 17.8. The van der Waals surface area contributed by atoms with Gasteiger partial charge in [0.1, 0.15) is 5.82 Å². The van der Waals surface area contributed by atoms with Crippen molar-refractivity contribution in [1.29, 1.82) is 0 Å². The Kier molecular flexibility index (Phi) is 5.55. The molecular weight excluding hydrogens is 438 g/mol. The Labute approximate surface area is 199 Å². The summed E-state index contributed by atoms with van der Waals surface area (Å²) in [5, 5.41) is 15.0. The number of aliphatic hydroxyl groups is 1. The fourth-order valence-corrected chi connectivity index (χ4v) is 4.65. The average molecular weight is 468 g/mol. The van der Waals surface area contributed by atoms with Crippen molar-refractivity contribution < 1.29 is 5.11 Å². The normalized spacial score (nSPS) is 22.2. The zero-order valence-corrected chi connectivity index (χ0v) is 20.2. The number of anilines is 2. The van der Waals surface area contributed by atoms with E-state index in [4.69, 9.17) is 16.6 Å². The molecule has 2 atom stereocenters. The molecule has 1 aliphatic carbocycles. The Morgan fingerprint density at radius 3 is 2.70 bits per heavy atom. The summed E-state index contributed by atoms with van der Waals surface area (Å²) in [6.07, 6.45) is 6.81. The van der Waals surface area contributed by atoms with Gasteiger partial charge in [0.15, 0.2) is 6.35 Å². The summed E-state index contributed by atoms with van der Waals surface area (Å²) in [5.41, 5.74) is 2.70. The number of halogens is 1. The molecule has 174 valence electrons. The summed E-state index contributed by atoms with van der Waals surface area (Å²) < 4.78 is 1.99. The number of imidazole rings is 1. The highest BCUT2D eigenvalue weighted by Gasteiger charge is 2.47. The predicted octanol–water partition coefficient (Wildman–Crippen LogP) is 3.78. The highest BCUT2D eigenvalue weighted by Crippen LogP contribution is 2.47. The van der Waals surface area contributed by atoms with Crippen LogP contribution >= 0.6 is 11.6 Å². The zero-order valence-electron chi connectivity index (χ0n) is 19.4. The standard InChI is InChI=1S/C24H30ClN7O/c1-15(2)19-12-30(4)23(33)32(19)21-7-10-26-22(28-21)29-24(8-9-24)20-13-31(14-27-20)17-6-5-16(3)18(25)11-17/h5-7,10-11,13-15,19,23,33H,8-9,12H2,1-4H3,(H,26,28,29)/t19-,23?/m1/s1. The Hall–Kier alpha value is -2.68. The molecule has 1 aliphatic heterocycles. The molecular formula is C24H30ClN7O. The van der Waals surface area contributed by atoms with E-state index in [2.05, 4.69) is 29.1 Å². The SMILES string of the molecule is Cc1ccc(-n2cnc(C3(Nc4nccc(N5C(O)N(C)C[C@@H]5C(C)C)n4)CC3)c2)cc1Cl. The maximum absolute atomic E-state index is 10.7. The van der Waals surface area contributed by atoms with Gasteiger partial charge in [0, 0.05) is 35.7 Å². The average Bonchev–Trinajstić information content (AvgIpc) is 3.25. The van der Waals surface area contributed by atoms with Crippen LogP contribution in [-0.4, -0.2) is 55.5 Å². The highest BCUT2D eigenvalue weighted by molar-refractivity contribution is 6.31. The van der Waals surface area contributed by atoms with Gasteiger partial charge in [0.2, 0.25) is 5.95 Å². The van der Waals surface area contributed by atoms with Gasteiger partial charge < -0.3 is 19.9 Å². The van der Waals surface area contributed by atoms with E-state index in [1.807, 2.05) is 65.1 Å². The van der Waals surface area contributed by atoms with E-state index in [1.165, 1.54) is 0 Å². The third-order valence-corrected chi connectivity index (χ3v) is 7.19. The van der Waals surface area contributed by atoms with Crippen molar-refractivity contribution in [3.8, 4) is 5.69 Å². The molecule has 1 saturated carbocycles. The van der Waals surface area contributed by atoms with Gasteiger partial charge in [0.25, 0.3) is 0 Å². The number of likely N-dealkylation sites (N-methyl/N-ethyl adjacent to an activating group) is 1. The molecule has 0 spiro atoms. The van der Waals surface area contributed by atoms with Crippen LogP contribution in [-0.2, 0) is 5.54 Å². The molecule has 8 nitrogen and oxygen atoms in total. The van der Waals surface area contributed by atoms with Gasteiger partial charge in [0.05, 0.1) is 17.6 Å². The van der Waals surface area contributed by atoms with Crippen molar-refractivity contribution in [2.75, 3.05) is 23.8 Å². The van der Waals surface area contributed by atoms with E-state index in [-0.39, 0.29) is 11.6 Å². The van der Waals surface area contributed by atoms with Crippen LogP contribution in [0.5, 0.6) is 0 Å². The van der Waals surface area contributed by atoms with Crippen LogP contribution in [0.25, 0.3) is 5.69 Å². The maximum atomic E-state index is 10.7. The van der Waals surface area contributed by atoms with Crippen molar-refractivity contribution in [1.82, 2.24) is 24.4 Å². The quantitative estimate of drug-likeness (QED) is 0.570. The second kappa shape index (κ2) is 8.27. The zero-order chi connectivity index (χ0) is 23.3. The molecule has 2 fully saturated rings. The summed E-state index contributed by atoms with van der Waals surface area (Å²) in [7, 11) is 1.93. The molecule has 33 heavy (non-hydrogen) atoms. The second-order valence-corrected chi connectivity index (χ2v) is 9.96. The van der Waals surface area contributed by atoms with Crippen LogP contribution in [0.2, 0.25) is 5.02 Å². The minimum atomic E-state index is -0.702. The number of benzene rings is 1. The van der Waals surface area contributed by atoms with Gasteiger partial charge in [-0.25, -0.2) is 9.97 Å². The topological polar surface area (TPSA) is 82.3 Å². The molecule has 1 aromatic carbocycles. The van der Waals surface area contributed by atoms with Gasteiger partial charge in [-0.15, -0.1) is 0 Å². The van der Waals surface area contributed by atoms with Gasteiger partial charge >= 0.3 is 0 Å². The van der Waals surface area contributed by atoms with Crippen molar-refractivity contribution in [2.24, 2.45) is 5.92 Å². The number of nitrogens with one attached hydrogen (secondary N) is 1. The lowest BCUT2D eigenvalue weighted by Gasteiger charge is -2.30. The van der Waals surface area contributed by atoms with E-state index in [9.17, 15) is 5.11 Å². The van der Waals surface area contributed by atoms with Crippen LogP contribution in [0.4, 0.5) is 11.8 Å². The van der Waals surface area contributed by atoms with Crippen LogP contribution in [0.1, 0.15) is 37.9 Å². The largest absolute Gasteiger partial charge is 0.361 e. The van der Waals surface area contributed by atoms with E-state index in [0.717, 1.165) is 47.2 Å². The smallest absolute Gasteiger partial charge is 0.225 e. The minimum Gasteiger partial charge on any atom is -0.361 e. The van der Waals surface area contributed by atoms with Crippen molar-refractivity contribution in [3.05, 3.63) is 59.3 Å². The van der Waals surface area contributed by atoms with Crippen molar-refractivity contribution in [3.63, 3.8) is 0 Å². The first kappa shape index (κ1) is 22.1. The number of rotatable bonds is 6. The van der Waals surface area contributed by atoms with E-state index >= 15 is 0 Å². The molecule has 3 aromatic rings. The second-order valence-electron chi connectivity index (χ2n) is 9.55. The molecule has 2 N–H and O–H groups in total. The highest BCUT2D eigenvalue weighted by atomic mass is 35.5. The third kappa shape index (κ3) is 4.07. The van der Waals surface area contributed by atoms with E-state index in [0.29, 0.717) is 11.9 Å². The number of nitrogens with zero attached hydrogens (tertiary/aromatic N) is 6. The van der Waals surface area contributed by atoms with Crippen LogP contribution in [0.15, 0.2) is 43.0 Å². The summed E-state index contributed by atoms with van der Waals surface area (Å²) >= 11 is 6.31. The van der Waals surface area contributed by atoms with Crippen molar-refractivity contribution in [2.45, 2.75) is 51.5 Å². The number of aliphatic hydroxyl groups excluding tert-OH is 1. The molecule has 2 aliphatic rings. The van der Waals surface area contributed by atoms with Crippen LogP contribution < -0.4 is 10.2 Å². The third-order valence-electron chi connectivity index (χ3n) is 6.78. The summed E-state index contributed by atoms with van der Waals surface area (Å²) in [6, 6.07) is 8.04. The van der Waals surface area contributed by atoms with E-state index < -0.39 is 6.35 Å². The molecule has 0 amide bonds. The summed E-state index contributed by atoms with van der Waals surface area (Å²) in [5.74, 6) is 1.64. The van der Waals surface area contributed by atoms with Gasteiger partial charge in [-0.1, -0.05) is 31.5 Å². The molecule has 0 bridgehead atoms. The Balaban J connectivity index is 1.38.